The highest BCUT2D eigenvalue weighted by atomic mass is 16.5. The molecule has 1 aliphatic rings. The molecule has 0 saturated carbocycles. The monoisotopic (exact) mass is 322 g/mol. The lowest BCUT2D eigenvalue weighted by atomic mass is 10.1. The Kier molecular flexibility index (Phi) is 5.75. The number of rotatable bonds is 6. The molecule has 0 N–H and O–H groups in total. The van der Waals surface area contributed by atoms with Gasteiger partial charge in [0.1, 0.15) is 0 Å². The minimum atomic E-state index is 0.0596. The SMILES string of the molecule is O=C(/C=C\c1cccnc1)N1CC[C@@H](COCc2ccccc2)C1. The van der Waals surface area contributed by atoms with Crippen LogP contribution in [0.5, 0.6) is 0 Å². The predicted molar refractivity (Wildman–Crippen MR) is 94.1 cm³/mol. The molecule has 0 radical (unpaired) electrons. The molecular weight excluding hydrogens is 300 g/mol. The van der Waals surface area contributed by atoms with E-state index in [2.05, 4.69) is 17.1 Å². The van der Waals surface area contributed by atoms with Crippen LogP contribution in [0.15, 0.2) is 60.9 Å². The molecule has 1 aromatic heterocycles. The van der Waals surface area contributed by atoms with E-state index in [0.717, 1.165) is 25.1 Å². The average molecular weight is 322 g/mol. The van der Waals surface area contributed by atoms with Gasteiger partial charge in [0.2, 0.25) is 5.91 Å². The molecule has 24 heavy (non-hydrogen) atoms. The summed E-state index contributed by atoms with van der Waals surface area (Å²) in [5.74, 6) is 0.480. The van der Waals surface area contributed by atoms with E-state index in [1.54, 1.807) is 18.5 Å². The van der Waals surface area contributed by atoms with Gasteiger partial charge in [0.25, 0.3) is 0 Å². The Morgan fingerprint density at radius 3 is 2.92 bits per heavy atom. The van der Waals surface area contributed by atoms with Crippen LogP contribution in [0.4, 0.5) is 0 Å². The molecule has 1 atom stereocenters. The highest BCUT2D eigenvalue weighted by Crippen LogP contribution is 2.18. The highest BCUT2D eigenvalue weighted by molar-refractivity contribution is 5.91. The first-order valence-corrected chi connectivity index (χ1v) is 8.30. The second-order valence-corrected chi connectivity index (χ2v) is 6.06. The molecule has 2 aromatic rings. The van der Waals surface area contributed by atoms with E-state index in [9.17, 15) is 4.79 Å². The molecule has 1 fully saturated rings. The van der Waals surface area contributed by atoms with E-state index >= 15 is 0 Å². The molecule has 0 aliphatic carbocycles. The summed E-state index contributed by atoms with van der Waals surface area (Å²) in [4.78, 5) is 18.2. The van der Waals surface area contributed by atoms with Crippen molar-refractivity contribution in [2.75, 3.05) is 19.7 Å². The third kappa shape index (κ3) is 4.77. The summed E-state index contributed by atoms with van der Waals surface area (Å²) in [6.45, 7) is 2.90. The van der Waals surface area contributed by atoms with Gasteiger partial charge in [-0.05, 0) is 29.7 Å². The van der Waals surface area contributed by atoms with Crippen molar-refractivity contribution in [3.63, 3.8) is 0 Å². The van der Waals surface area contributed by atoms with Gasteiger partial charge in [-0.15, -0.1) is 0 Å². The maximum absolute atomic E-state index is 12.2. The second-order valence-electron chi connectivity index (χ2n) is 6.06. The van der Waals surface area contributed by atoms with Gasteiger partial charge in [-0.3, -0.25) is 9.78 Å². The van der Waals surface area contributed by atoms with Crippen molar-refractivity contribution in [3.05, 3.63) is 72.1 Å². The number of hydrogen-bond donors (Lipinski definition) is 0. The third-order valence-corrected chi connectivity index (χ3v) is 4.17. The zero-order chi connectivity index (χ0) is 16.6. The van der Waals surface area contributed by atoms with E-state index in [1.165, 1.54) is 5.56 Å². The van der Waals surface area contributed by atoms with Crippen LogP contribution in [0.1, 0.15) is 17.5 Å². The molecule has 1 aromatic carbocycles. The number of ether oxygens (including phenoxy) is 1. The predicted octanol–water partition coefficient (Wildman–Crippen LogP) is 3.16. The molecular formula is C20H22N2O2. The van der Waals surface area contributed by atoms with Crippen molar-refractivity contribution in [2.45, 2.75) is 13.0 Å². The van der Waals surface area contributed by atoms with Crippen LogP contribution in [-0.2, 0) is 16.1 Å². The fraction of sp³-hybridized carbons (Fsp3) is 0.300. The summed E-state index contributed by atoms with van der Waals surface area (Å²) in [5.41, 5.74) is 2.12. The number of likely N-dealkylation sites (tertiary alicyclic amines) is 1. The normalized spacial score (nSPS) is 17.5. The maximum atomic E-state index is 12.2. The second kappa shape index (κ2) is 8.41. The lowest BCUT2D eigenvalue weighted by molar-refractivity contribution is -0.125. The van der Waals surface area contributed by atoms with Gasteiger partial charge in [-0.1, -0.05) is 36.4 Å². The summed E-state index contributed by atoms with van der Waals surface area (Å²) in [6, 6.07) is 14.0. The number of carbonyl (C=O) groups is 1. The topological polar surface area (TPSA) is 42.4 Å². The lowest BCUT2D eigenvalue weighted by Gasteiger charge is -2.14. The van der Waals surface area contributed by atoms with Gasteiger partial charge in [0.15, 0.2) is 0 Å². The zero-order valence-corrected chi connectivity index (χ0v) is 13.7. The minimum Gasteiger partial charge on any atom is -0.376 e. The van der Waals surface area contributed by atoms with Crippen molar-refractivity contribution in [2.24, 2.45) is 5.92 Å². The average Bonchev–Trinajstić information content (AvgIpc) is 3.10. The van der Waals surface area contributed by atoms with Crippen molar-refractivity contribution in [1.82, 2.24) is 9.88 Å². The molecule has 3 rings (SSSR count). The molecule has 0 spiro atoms. The number of pyridine rings is 1. The van der Waals surface area contributed by atoms with E-state index in [4.69, 9.17) is 4.74 Å². The van der Waals surface area contributed by atoms with Gasteiger partial charge >= 0.3 is 0 Å². The van der Waals surface area contributed by atoms with E-state index in [0.29, 0.717) is 19.1 Å². The molecule has 2 heterocycles. The lowest BCUT2D eigenvalue weighted by Crippen LogP contribution is -2.27. The Hall–Kier alpha value is -2.46. The largest absolute Gasteiger partial charge is 0.376 e. The fourth-order valence-electron chi connectivity index (χ4n) is 2.83. The number of carbonyl (C=O) groups excluding carboxylic acids is 1. The Morgan fingerprint density at radius 1 is 1.25 bits per heavy atom. The number of aromatic nitrogens is 1. The number of hydrogen-bond acceptors (Lipinski definition) is 3. The Labute approximate surface area is 142 Å². The standard InChI is InChI=1S/C20H22N2O2/c23-20(9-8-17-7-4-11-21-13-17)22-12-10-19(14-22)16-24-15-18-5-2-1-3-6-18/h1-9,11,13,19H,10,12,14-16H2/b9-8-/t19-/m1/s1. The van der Waals surface area contributed by atoms with Gasteiger partial charge in [0, 0.05) is 37.5 Å². The van der Waals surface area contributed by atoms with Crippen LogP contribution >= 0.6 is 0 Å². The maximum Gasteiger partial charge on any atom is 0.246 e. The summed E-state index contributed by atoms with van der Waals surface area (Å²) in [6.07, 6.45) is 7.91. The number of nitrogens with zero attached hydrogens (tertiary/aromatic N) is 2. The van der Waals surface area contributed by atoms with E-state index < -0.39 is 0 Å². The van der Waals surface area contributed by atoms with Crippen molar-refractivity contribution in [1.29, 1.82) is 0 Å². The van der Waals surface area contributed by atoms with Crippen molar-refractivity contribution in [3.8, 4) is 0 Å². The molecule has 1 saturated heterocycles. The van der Waals surface area contributed by atoms with Crippen LogP contribution in [0.3, 0.4) is 0 Å². The molecule has 0 bridgehead atoms. The molecule has 124 valence electrons. The highest BCUT2D eigenvalue weighted by Gasteiger charge is 2.25. The van der Waals surface area contributed by atoms with Gasteiger partial charge < -0.3 is 9.64 Å². The van der Waals surface area contributed by atoms with Crippen molar-refractivity contribution < 1.29 is 9.53 Å². The van der Waals surface area contributed by atoms with Gasteiger partial charge in [-0.2, -0.15) is 0 Å². The minimum absolute atomic E-state index is 0.0596. The van der Waals surface area contributed by atoms with Crippen LogP contribution in [-0.4, -0.2) is 35.5 Å². The number of benzene rings is 1. The summed E-state index contributed by atoms with van der Waals surface area (Å²) in [5, 5.41) is 0. The van der Waals surface area contributed by atoms with Crippen molar-refractivity contribution >= 4 is 12.0 Å². The first-order chi connectivity index (χ1) is 11.8. The summed E-state index contributed by atoms with van der Waals surface area (Å²) < 4.78 is 5.80. The first-order valence-electron chi connectivity index (χ1n) is 8.30. The van der Waals surface area contributed by atoms with Gasteiger partial charge in [0.05, 0.1) is 13.2 Å². The Morgan fingerprint density at radius 2 is 2.12 bits per heavy atom. The number of amides is 1. The first kappa shape index (κ1) is 16.4. The molecule has 1 amide bonds. The Balaban J connectivity index is 1.41. The van der Waals surface area contributed by atoms with Crippen LogP contribution in [0.2, 0.25) is 0 Å². The van der Waals surface area contributed by atoms with Gasteiger partial charge in [-0.25, -0.2) is 0 Å². The zero-order valence-electron chi connectivity index (χ0n) is 13.7. The molecule has 0 unspecified atom stereocenters. The Bertz CT molecular complexity index is 671. The summed E-state index contributed by atoms with van der Waals surface area (Å²) in [7, 11) is 0. The quantitative estimate of drug-likeness (QED) is 0.767. The van der Waals surface area contributed by atoms with E-state index in [1.807, 2.05) is 41.3 Å². The van der Waals surface area contributed by atoms with Crippen LogP contribution in [0.25, 0.3) is 6.08 Å². The van der Waals surface area contributed by atoms with Crippen LogP contribution < -0.4 is 0 Å². The fourth-order valence-corrected chi connectivity index (χ4v) is 2.83. The third-order valence-electron chi connectivity index (χ3n) is 4.17. The summed E-state index contributed by atoms with van der Waals surface area (Å²) >= 11 is 0. The molecule has 4 heteroatoms. The smallest absolute Gasteiger partial charge is 0.246 e. The molecule has 4 nitrogen and oxygen atoms in total. The molecule has 1 aliphatic heterocycles. The van der Waals surface area contributed by atoms with Crippen LogP contribution in [0, 0.1) is 5.92 Å². The van der Waals surface area contributed by atoms with E-state index in [-0.39, 0.29) is 5.91 Å².